The van der Waals surface area contributed by atoms with Gasteiger partial charge in [0, 0.05) is 23.2 Å². The molecule has 2 aromatic rings. The zero-order valence-corrected chi connectivity index (χ0v) is 7.14. The predicted molar refractivity (Wildman–Crippen MR) is 50.4 cm³/mol. The third kappa shape index (κ3) is 1.17. The van der Waals surface area contributed by atoms with Gasteiger partial charge in [-0.05, 0) is 6.07 Å². The number of nitrogens with zero attached hydrogens (tertiary/aromatic N) is 1. The summed E-state index contributed by atoms with van der Waals surface area (Å²) in [7, 11) is 0. The van der Waals surface area contributed by atoms with Crippen molar-refractivity contribution in [1.82, 2.24) is 4.98 Å². The molecule has 1 heterocycles. The number of phenolic OH excluding ortho intramolecular Hbond substituents is 1. The number of pyridine rings is 1. The Morgan fingerprint density at radius 3 is 2.71 bits per heavy atom. The monoisotopic (exact) mass is 189 g/mol. The molecule has 0 atom stereocenters. The van der Waals surface area contributed by atoms with Crippen LogP contribution in [0.1, 0.15) is 10.4 Å². The van der Waals surface area contributed by atoms with Crippen LogP contribution in [-0.4, -0.2) is 21.2 Å². The van der Waals surface area contributed by atoms with Gasteiger partial charge in [0.1, 0.15) is 5.75 Å². The Morgan fingerprint density at radius 1 is 1.21 bits per heavy atom. The zero-order valence-electron chi connectivity index (χ0n) is 7.14. The molecule has 1 aromatic carbocycles. The quantitative estimate of drug-likeness (QED) is 0.715. The van der Waals surface area contributed by atoms with Crippen LogP contribution in [0.15, 0.2) is 30.6 Å². The Morgan fingerprint density at radius 2 is 2.00 bits per heavy atom. The highest BCUT2D eigenvalue weighted by Crippen LogP contribution is 2.25. The molecule has 4 heteroatoms. The van der Waals surface area contributed by atoms with E-state index in [0.717, 1.165) is 0 Å². The standard InChI is InChI=1S/C10H7NO3/c12-9-3-1-2-6-7(9)4-11-5-8(6)10(13)14/h1-5,12H,(H,13,14). The molecular formula is C10H7NO3. The molecule has 4 nitrogen and oxygen atoms in total. The van der Waals surface area contributed by atoms with E-state index >= 15 is 0 Å². The van der Waals surface area contributed by atoms with Crippen LogP contribution >= 0.6 is 0 Å². The van der Waals surface area contributed by atoms with Gasteiger partial charge < -0.3 is 10.2 Å². The molecule has 14 heavy (non-hydrogen) atoms. The maximum atomic E-state index is 10.8. The van der Waals surface area contributed by atoms with Crippen LogP contribution in [0.2, 0.25) is 0 Å². The van der Waals surface area contributed by atoms with Crippen LogP contribution in [-0.2, 0) is 0 Å². The Balaban J connectivity index is 2.88. The van der Waals surface area contributed by atoms with E-state index in [4.69, 9.17) is 5.11 Å². The molecule has 0 saturated heterocycles. The second kappa shape index (κ2) is 2.99. The van der Waals surface area contributed by atoms with Crippen LogP contribution in [0.25, 0.3) is 10.8 Å². The van der Waals surface area contributed by atoms with Crippen molar-refractivity contribution >= 4 is 16.7 Å². The number of hydrogen-bond donors (Lipinski definition) is 2. The number of hydrogen-bond acceptors (Lipinski definition) is 3. The number of carboxylic acid groups (broad SMARTS) is 1. The maximum Gasteiger partial charge on any atom is 0.337 e. The second-order valence-corrected chi connectivity index (χ2v) is 2.86. The van der Waals surface area contributed by atoms with E-state index in [0.29, 0.717) is 10.8 Å². The highest BCUT2D eigenvalue weighted by atomic mass is 16.4. The van der Waals surface area contributed by atoms with Gasteiger partial charge in [-0.25, -0.2) is 4.79 Å². The number of carbonyl (C=O) groups is 1. The van der Waals surface area contributed by atoms with Crippen LogP contribution in [0.4, 0.5) is 0 Å². The van der Waals surface area contributed by atoms with Gasteiger partial charge in [0.05, 0.1) is 5.56 Å². The van der Waals surface area contributed by atoms with Crippen molar-refractivity contribution in [3.63, 3.8) is 0 Å². The number of benzene rings is 1. The lowest BCUT2D eigenvalue weighted by Gasteiger charge is -2.02. The van der Waals surface area contributed by atoms with E-state index in [1.165, 1.54) is 18.5 Å². The van der Waals surface area contributed by atoms with E-state index in [9.17, 15) is 9.90 Å². The summed E-state index contributed by atoms with van der Waals surface area (Å²) in [5.74, 6) is -1.01. The van der Waals surface area contributed by atoms with Gasteiger partial charge in [0.2, 0.25) is 0 Å². The summed E-state index contributed by atoms with van der Waals surface area (Å²) >= 11 is 0. The Bertz CT molecular complexity index is 508. The molecule has 2 rings (SSSR count). The number of aromatic carboxylic acids is 1. The van der Waals surface area contributed by atoms with Gasteiger partial charge in [0.15, 0.2) is 0 Å². The van der Waals surface area contributed by atoms with Gasteiger partial charge in [0.25, 0.3) is 0 Å². The average Bonchev–Trinajstić information content (AvgIpc) is 2.17. The minimum atomic E-state index is -1.05. The number of rotatable bonds is 1. The highest BCUT2D eigenvalue weighted by Gasteiger charge is 2.09. The number of phenols is 1. The van der Waals surface area contributed by atoms with Crippen molar-refractivity contribution in [3.8, 4) is 5.75 Å². The van der Waals surface area contributed by atoms with Crippen LogP contribution in [0.5, 0.6) is 5.75 Å². The maximum absolute atomic E-state index is 10.8. The molecule has 0 radical (unpaired) electrons. The Labute approximate surface area is 79.4 Å². The molecule has 0 unspecified atom stereocenters. The fraction of sp³-hybridized carbons (Fsp3) is 0. The van der Waals surface area contributed by atoms with E-state index in [1.807, 2.05) is 0 Å². The predicted octanol–water partition coefficient (Wildman–Crippen LogP) is 1.64. The fourth-order valence-corrected chi connectivity index (χ4v) is 1.35. The summed E-state index contributed by atoms with van der Waals surface area (Å²) in [6.45, 7) is 0. The summed E-state index contributed by atoms with van der Waals surface area (Å²) in [4.78, 5) is 14.6. The molecule has 0 aliphatic carbocycles. The number of aromatic nitrogens is 1. The Hall–Kier alpha value is -2.10. The molecule has 0 bridgehead atoms. The Kier molecular flexibility index (Phi) is 1.81. The summed E-state index contributed by atoms with van der Waals surface area (Å²) in [6, 6.07) is 4.74. The number of carboxylic acids is 1. The van der Waals surface area contributed by atoms with E-state index in [1.54, 1.807) is 12.1 Å². The average molecular weight is 189 g/mol. The fourth-order valence-electron chi connectivity index (χ4n) is 1.35. The minimum Gasteiger partial charge on any atom is -0.507 e. The van der Waals surface area contributed by atoms with E-state index in [-0.39, 0.29) is 11.3 Å². The van der Waals surface area contributed by atoms with Gasteiger partial charge in [-0.3, -0.25) is 4.98 Å². The molecule has 2 N–H and O–H groups in total. The van der Waals surface area contributed by atoms with Crippen molar-refractivity contribution < 1.29 is 15.0 Å². The van der Waals surface area contributed by atoms with E-state index < -0.39 is 5.97 Å². The summed E-state index contributed by atoms with van der Waals surface area (Å²) in [5.41, 5.74) is 0.0957. The molecule has 0 spiro atoms. The summed E-state index contributed by atoms with van der Waals surface area (Å²) in [5, 5.41) is 19.2. The topological polar surface area (TPSA) is 70.4 Å². The molecule has 1 aromatic heterocycles. The third-order valence-electron chi connectivity index (χ3n) is 2.01. The van der Waals surface area contributed by atoms with Gasteiger partial charge >= 0.3 is 5.97 Å². The van der Waals surface area contributed by atoms with Crippen molar-refractivity contribution in [3.05, 3.63) is 36.2 Å². The van der Waals surface area contributed by atoms with Crippen molar-refractivity contribution in [1.29, 1.82) is 0 Å². The first-order valence-electron chi connectivity index (χ1n) is 3.99. The van der Waals surface area contributed by atoms with Crippen molar-refractivity contribution in [2.24, 2.45) is 0 Å². The third-order valence-corrected chi connectivity index (χ3v) is 2.01. The smallest absolute Gasteiger partial charge is 0.337 e. The minimum absolute atomic E-state index is 0.0399. The second-order valence-electron chi connectivity index (χ2n) is 2.86. The summed E-state index contributed by atoms with van der Waals surface area (Å²) < 4.78 is 0. The summed E-state index contributed by atoms with van der Waals surface area (Å²) in [6.07, 6.45) is 2.71. The lowest BCUT2D eigenvalue weighted by Crippen LogP contribution is -1.98. The molecule has 0 amide bonds. The number of aromatic hydroxyl groups is 1. The molecule has 70 valence electrons. The molecule has 0 aliphatic heterocycles. The molecule has 0 saturated carbocycles. The first-order chi connectivity index (χ1) is 6.70. The zero-order chi connectivity index (χ0) is 10.1. The first-order valence-corrected chi connectivity index (χ1v) is 3.99. The van der Waals surface area contributed by atoms with Gasteiger partial charge in [-0.1, -0.05) is 12.1 Å². The van der Waals surface area contributed by atoms with Crippen LogP contribution < -0.4 is 0 Å². The van der Waals surface area contributed by atoms with Gasteiger partial charge in [-0.15, -0.1) is 0 Å². The normalized spacial score (nSPS) is 10.3. The van der Waals surface area contributed by atoms with Crippen molar-refractivity contribution in [2.45, 2.75) is 0 Å². The molecular weight excluding hydrogens is 182 g/mol. The first kappa shape index (κ1) is 8.50. The van der Waals surface area contributed by atoms with Crippen LogP contribution in [0, 0.1) is 0 Å². The van der Waals surface area contributed by atoms with Crippen molar-refractivity contribution in [2.75, 3.05) is 0 Å². The van der Waals surface area contributed by atoms with Gasteiger partial charge in [-0.2, -0.15) is 0 Å². The number of fused-ring (bicyclic) bond motifs is 1. The molecule has 0 aliphatic rings. The lowest BCUT2D eigenvalue weighted by molar-refractivity contribution is 0.0698. The van der Waals surface area contributed by atoms with Crippen LogP contribution in [0.3, 0.4) is 0 Å². The SMILES string of the molecule is O=C(O)c1cncc2c(O)cccc12. The largest absolute Gasteiger partial charge is 0.507 e. The molecule has 0 fully saturated rings. The lowest BCUT2D eigenvalue weighted by atomic mass is 10.1. The van der Waals surface area contributed by atoms with E-state index in [2.05, 4.69) is 4.98 Å². The highest BCUT2D eigenvalue weighted by molar-refractivity contribution is 6.04.